The summed E-state index contributed by atoms with van der Waals surface area (Å²) >= 11 is 0. The molecule has 1 aromatic rings. The fraction of sp³-hybridized carbons (Fsp3) is 0.615. The molecule has 0 saturated heterocycles. The van der Waals surface area contributed by atoms with E-state index in [1.807, 2.05) is 6.92 Å². The third-order valence-electron chi connectivity index (χ3n) is 2.97. The summed E-state index contributed by atoms with van der Waals surface area (Å²) in [6.07, 6.45) is 1.62. The minimum Gasteiger partial charge on any atom is -0.480 e. The van der Waals surface area contributed by atoms with E-state index in [1.54, 1.807) is 20.2 Å². The number of carboxylic acids is 1. The van der Waals surface area contributed by atoms with E-state index < -0.39 is 17.9 Å². The van der Waals surface area contributed by atoms with Crippen molar-refractivity contribution in [2.45, 2.75) is 32.2 Å². The first-order valence-electron chi connectivity index (χ1n) is 6.55. The van der Waals surface area contributed by atoms with Gasteiger partial charge in [0.2, 0.25) is 0 Å². The Hall–Kier alpha value is -1.89. The van der Waals surface area contributed by atoms with E-state index in [1.165, 1.54) is 4.68 Å². The fourth-order valence-corrected chi connectivity index (χ4v) is 1.83. The Labute approximate surface area is 117 Å². The molecule has 0 aromatic carbocycles. The zero-order valence-corrected chi connectivity index (χ0v) is 12.0. The van der Waals surface area contributed by atoms with Crippen LogP contribution < -0.4 is 5.32 Å². The fourth-order valence-electron chi connectivity index (χ4n) is 1.83. The molecule has 0 spiro atoms. The van der Waals surface area contributed by atoms with Gasteiger partial charge in [0, 0.05) is 20.8 Å². The van der Waals surface area contributed by atoms with Crippen LogP contribution in [0.5, 0.6) is 0 Å². The van der Waals surface area contributed by atoms with Crippen molar-refractivity contribution in [1.29, 1.82) is 0 Å². The molecular weight excluding hydrogens is 262 g/mol. The van der Waals surface area contributed by atoms with Crippen molar-refractivity contribution in [3.63, 3.8) is 0 Å². The van der Waals surface area contributed by atoms with E-state index in [0.29, 0.717) is 25.1 Å². The van der Waals surface area contributed by atoms with Gasteiger partial charge in [-0.25, -0.2) is 4.79 Å². The molecule has 0 saturated carbocycles. The van der Waals surface area contributed by atoms with E-state index >= 15 is 0 Å². The van der Waals surface area contributed by atoms with Crippen molar-refractivity contribution in [3.05, 3.63) is 17.5 Å². The molecule has 0 bridgehead atoms. The first-order chi connectivity index (χ1) is 9.49. The molecule has 1 aromatic heterocycles. The van der Waals surface area contributed by atoms with Gasteiger partial charge in [-0.05, 0) is 25.3 Å². The molecule has 0 aliphatic carbocycles. The van der Waals surface area contributed by atoms with E-state index in [9.17, 15) is 9.59 Å². The lowest BCUT2D eigenvalue weighted by molar-refractivity contribution is -0.139. The number of nitrogens with one attached hydrogen (secondary N) is 1. The largest absolute Gasteiger partial charge is 0.480 e. The number of hydrogen-bond donors (Lipinski definition) is 2. The number of methoxy groups -OCH3 is 1. The van der Waals surface area contributed by atoms with Crippen LogP contribution in [0.15, 0.2) is 6.07 Å². The molecule has 7 nitrogen and oxygen atoms in total. The number of carbonyl (C=O) groups is 2. The molecule has 1 rings (SSSR count). The second-order valence-electron chi connectivity index (χ2n) is 4.50. The zero-order valence-electron chi connectivity index (χ0n) is 12.0. The Balaban J connectivity index is 2.69. The van der Waals surface area contributed by atoms with E-state index in [-0.39, 0.29) is 0 Å². The molecule has 0 radical (unpaired) electrons. The van der Waals surface area contributed by atoms with Crippen LogP contribution in [0.2, 0.25) is 0 Å². The third-order valence-corrected chi connectivity index (χ3v) is 2.97. The summed E-state index contributed by atoms with van der Waals surface area (Å²) in [5.41, 5.74) is 1.16. The highest BCUT2D eigenvalue weighted by Gasteiger charge is 2.22. The van der Waals surface area contributed by atoms with Crippen molar-refractivity contribution in [3.8, 4) is 0 Å². The Bertz CT molecular complexity index is 470. The Morgan fingerprint density at radius 1 is 1.55 bits per heavy atom. The number of hydrogen-bond acceptors (Lipinski definition) is 4. The first kappa shape index (κ1) is 16.2. The van der Waals surface area contributed by atoms with Crippen LogP contribution >= 0.6 is 0 Å². The molecular formula is C13H21N3O4. The highest BCUT2D eigenvalue weighted by atomic mass is 16.5. The number of nitrogens with zero attached hydrogens (tertiary/aromatic N) is 2. The van der Waals surface area contributed by atoms with Crippen molar-refractivity contribution >= 4 is 11.9 Å². The van der Waals surface area contributed by atoms with Crippen LogP contribution in [0.3, 0.4) is 0 Å². The molecule has 1 amide bonds. The van der Waals surface area contributed by atoms with Gasteiger partial charge < -0.3 is 15.2 Å². The number of aromatic nitrogens is 2. The molecule has 20 heavy (non-hydrogen) atoms. The van der Waals surface area contributed by atoms with E-state index in [4.69, 9.17) is 9.84 Å². The summed E-state index contributed by atoms with van der Waals surface area (Å²) in [5, 5.41) is 15.8. The van der Waals surface area contributed by atoms with Crippen LogP contribution in [-0.2, 0) is 23.0 Å². The van der Waals surface area contributed by atoms with Crippen molar-refractivity contribution < 1.29 is 19.4 Å². The molecule has 2 N–H and O–H groups in total. The second kappa shape index (κ2) is 7.64. The number of carbonyl (C=O) groups excluding carboxylic acids is 1. The predicted molar refractivity (Wildman–Crippen MR) is 72.6 cm³/mol. The minimum atomic E-state index is -1.05. The first-order valence-corrected chi connectivity index (χ1v) is 6.55. The highest BCUT2D eigenvalue weighted by Crippen LogP contribution is 2.06. The minimum absolute atomic E-state index is 0.327. The van der Waals surface area contributed by atoms with Gasteiger partial charge in [-0.3, -0.25) is 9.48 Å². The summed E-state index contributed by atoms with van der Waals surface area (Å²) < 4.78 is 6.34. The van der Waals surface area contributed by atoms with Gasteiger partial charge in [0.25, 0.3) is 5.91 Å². The summed E-state index contributed by atoms with van der Waals surface area (Å²) in [4.78, 5) is 23.2. The Kier molecular flexibility index (Phi) is 6.17. The molecule has 7 heteroatoms. The van der Waals surface area contributed by atoms with Gasteiger partial charge in [0.15, 0.2) is 0 Å². The normalized spacial score (nSPS) is 12.2. The maximum Gasteiger partial charge on any atom is 0.326 e. The topological polar surface area (TPSA) is 93.5 Å². The average Bonchev–Trinajstić information content (AvgIpc) is 2.79. The number of aryl methyl sites for hydroxylation is 2. The summed E-state index contributed by atoms with van der Waals surface area (Å²) in [6, 6.07) is 0.751. The van der Waals surface area contributed by atoms with Crippen LogP contribution in [0.25, 0.3) is 0 Å². The van der Waals surface area contributed by atoms with Gasteiger partial charge in [-0.15, -0.1) is 0 Å². The molecule has 1 unspecified atom stereocenters. The molecule has 1 heterocycles. The lowest BCUT2D eigenvalue weighted by Crippen LogP contribution is -2.41. The maximum absolute atomic E-state index is 12.1. The lowest BCUT2D eigenvalue weighted by atomic mass is 10.1. The SMILES string of the molecule is CCc1cc(C(=O)NC(CCCOC)C(=O)O)n(C)n1. The number of carboxylic acid groups (broad SMARTS) is 1. The summed E-state index contributed by atoms with van der Waals surface area (Å²) in [7, 11) is 3.21. The van der Waals surface area contributed by atoms with Crippen LogP contribution in [0.4, 0.5) is 0 Å². The van der Waals surface area contributed by atoms with Crippen molar-refractivity contribution in [1.82, 2.24) is 15.1 Å². The Morgan fingerprint density at radius 2 is 2.25 bits per heavy atom. The molecule has 112 valence electrons. The van der Waals surface area contributed by atoms with Gasteiger partial charge in [-0.2, -0.15) is 5.10 Å². The highest BCUT2D eigenvalue weighted by molar-refractivity contribution is 5.95. The van der Waals surface area contributed by atoms with E-state index in [0.717, 1.165) is 12.1 Å². The van der Waals surface area contributed by atoms with Crippen molar-refractivity contribution in [2.24, 2.45) is 7.05 Å². The lowest BCUT2D eigenvalue weighted by Gasteiger charge is -2.14. The quantitative estimate of drug-likeness (QED) is 0.681. The van der Waals surface area contributed by atoms with Crippen molar-refractivity contribution in [2.75, 3.05) is 13.7 Å². The number of rotatable bonds is 8. The standard InChI is InChI=1S/C13H21N3O4/c1-4-9-8-11(16(2)15-9)12(17)14-10(13(18)19)6-5-7-20-3/h8,10H,4-7H2,1-3H3,(H,14,17)(H,18,19). The van der Waals surface area contributed by atoms with Crippen LogP contribution in [0, 0.1) is 0 Å². The summed E-state index contributed by atoms with van der Waals surface area (Å²) in [5.74, 6) is -1.48. The average molecular weight is 283 g/mol. The molecule has 0 fully saturated rings. The number of aliphatic carboxylic acids is 1. The second-order valence-corrected chi connectivity index (χ2v) is 4.50. The van der Waals surface area contributed by atoms with Gasteiger partial charge in [-0.1, -0.05) is 6.92 Å². The monoisotopic (exact) mass is 283 g/mol. The van der Waals surface area contributed by atoms with Gasteiger partial charge >= 0.3 is 5.97 Å². The smallest absolute Gasteiger partial charge is 0.326 e. The molecule has 0 aliphatic heterocycles. The Morgan fingerprint density at radius 3 is 2.75 bits per heavy atom. The third kappa shape index (κ3) is 4.34. The zero-order chi connectivity index (χ0) is 15.1. The van der Waals surface area contributed by atoms with Crippen LogP contribution in [-0.4, -0.2) is 46.5 Å². The number of amides is 1. The molecule has 1 atom stereocenters. The van der Waals surface area contributed by atoms with Crippen LogP contribution in [0.1, 0.15) is 35.9 Å². The van der Waals surface area contributed by atoms with E-state index in [2.05, 4.69) is 10.4 Å². The predicted octanol–water partition coefficient (Wildman–Crippen LogP) is 0.592. The maximum atomic E-state index is 12.1. The molecule has 0 aliphatic rings. The van der Waals surface area contributed by atoms with Gasteiger partial charge in [0.1, 0.15) is 11.7 Å². The number of ether oxygens (including phenoxy) is 1. The summed E-state index contributed by atoms with van der Waals surface area (Å²) in [6.45, 7) is 2.40. The van der Waals surface area contributed by atoms with Gasteiger partial charge in [0.05, 0.1) is 5.69 Å².